The largest absolute Gasteiger partial charge is 0.326 e. The second-order valence-electron chi connectivity index (χ2n) is 7.52. The smallest absolute Gasteiger partial charge is 0.238 e. The van der Waals surface area contributed by atoms with Crippen molar-refractivity contribution in [2.45, 2.75) is 24.8 Å². The van der Waals surface area contributed by atoms with E-state index in [0.717, 1.165) is 11.1 Å². The van der Waals surface area contributed by atoms with E-state index in [1.807, 2.05) is 31.2 Å². The van der Waals surface area contributed by atoms with E-state index in [0.29, 0.717) is 33.7 Å². The molecule has 1 amide bonds. The number of nitrogens with one attached hydrogen (secondary N) is 1. The summed E-state index contributed by atoms with van der Waals surface area (Å²) in [5.74, 6) is -0.336. The Labute approximate surface area is 190 Å². The summed E-state index contributed by atoms with van der Waals surface area (Å²) in [4.78, 5) is 12.4. The van der Waals surface area contributed by atoms with Crippen LogP contribution in [0, 0.1) is 6.92 Å². The number of hydrogen-bond donors (Lipinski definition) is 2. The van der Waals surface area contributed by atoms with E-state index in [9.17, 15) is 13.2 Å². The highest BCUT2D eigenvalue weighted by molar-refractivity contribution is 7.89. The van der Waals surface area contributed by atoms with Crippen LogP contribution >= 0.6 is 11.6 Å². The molecule has 0 aliphatic heterocycles. The van der Waals surface area contributed by atoms with Crippen molar-refractivity contribution in [3.05, 3.63) is 88.6 Å². The normalized spacial score (nSPS) is 11.6. The lowest BCUT2D eigenvalue weighted by atomic mass is 10.1. The maximum absolute atomic E-state index is 12.5. The van der Waals surface area contributed by atoms with Gasteiger partial charge in [-0.05, 0) is 41.8 Å². The Morgan fingerprint density at radius 3 is 2.47 bits per heavy atom. The van der Waals surface area contributed by atoms with Gasteiger partial charge in [0.05, 0.1) is 23.4 Å². The van der Waals surface area contributed by atoms with Crippen LogP contribution in [0.1, 0.15) is 16.7 Å². The van der Waals surface area contributed by atoms with E-state index in [4.69, 9.17) is 16.7 Å². The van der Waals surface area contributed by atoms with Gasteiger partial charge in [-0.25, -0.2) is 13.6 Å². The number of halogens is 1. The molecule has 1 heterocycles. The number of fused-ring (bicyclic) bond motifs is 1. The third-order valence-corrected chi connectivity index (χ3v) is 6.45. The molecule has 0 bridgehead atoms. The van der Waals surface area contributed by atoms with E-state index in [1.54, 1.807) is 41.2 Å². The van der Waals surface area contributed by atoms with Gasteiger partial charge >= 0.3 is 0 Å². The molecule has 32 heavy (non-hydrogen) atoms. The minimum Gasteiger partial charge on any atom is -0.326 e. The Kier molecular flexibility index (Phi) is 6.01. The van der Waals surface area contributed by atoms with E-state index in [1.165, 1.54) is 6.07 Å². The number of carbonyl (C=O) groups excluding carboxylic acids is 1. The van der Waals surface area contributed by atoms with Crippen LogP contribution in [-0.4, -0.2) is 24.1 Å². The van der Waals surface area contributed by atoms with Gasteiger partial charge < -0.3 is 5.32 Å². The van der Waals surface area contributed by atoms with Crippen LogP contribution in [0.2, 0.25) is 5.02 Å². The highest BCUT2D eigenvalue weighted by Gasteiger charge is 2.18. The van der Waals surface area contributed by atoms with Crippen molar-refractivity contribution in [1.82, 2.24) is 9.78 Å². The number of aryl methyl sites for hydroxylation is 1. The van der Waals surface area contributed by atoms with Crippen LogP contribution in [0.5, 0.6) is 0 Å². The lowest BCUT2D eigenvalue weighted by molar-refractivity contribution is -0.115. The average molecular weight is 469 g/mol. The zero-order valence-corrected chi connectivity index (χ0v) is 18.8. The number of rotatable bonds is 6. The van der Waals surface area contributed by atoms with Crippen LogP contribution in [0.4, 0.5) is 5.69 Å². The van der Waals surface area contributed by atoms with Gasteiger partial charge in [0, 0.05) is 22.3 Å². The first kappa shape index (κ1) is 22.0. The van der Waals surface area contributed by atoms with Gasteiger partial charge in [0.1, 0.15) is 0 Å². The number of anilines is 1. The van der Waals surface area contributed by atoms with Gasteiger partial charge in [-0.2, -0.15) is 5.10 Å². The molecule has 3 N–H and O–H groups in total. The van der Waals surface area contributed by atoms with Crippen molar-refractivity contribution >= 4 is 44.1 Å². The van der Waals surface area contributed by atoms with E-state index in [-0.39, 0.29) is 17.2 Å². The fourth-order valence-corrected chi connectivity index (χ4v) is 4.47. The predicted molar refractivity (Wildman–Crippen MR) is 125 cm³/mol. The first-order valence-corrected chi connectivity index (χ1v) is 11.7. The number of hydrogen-bond acceptors (Lipinski definition) is 4. The molecule has 164 valence electrons. The Balaban J connectivity index is 1.67. The van der Waals surface area contributed by atoms with Gasteiger partial charge in [0.25, 0.3) is 0 Å². The van der Waals surface area contributed by atoms with Crippen molar-refractivity contribution in [1.29, 1.82) is 0 Å². The first-order chi connectivity index (χ1) is 15.2. The summed E-state index contributed by atoms with van der Waals surface area (Å²) in [6, 6.07) is 17.9. The summed E-state index contributed by atoms with van der Waals surface area (Å²) < 4.78 is 26.2. The number of primary sulfonamides is 1. The van der Waals surface area contributed by atoms with Crippen molar-refractivity contribution in [3.63, 3.8) is 0 Å². The van der Waals surface area contributed by atoms with Crippen molar-refractivity contribution < 1.29 is 13.2 Å². The molecular weight excluding hydrogens is 448 g/mol. The molecule has 0 radical (unpaired) electrons. The zero-order chi connectivity index (χ0) is 22.9. The average Bonchev–Trinajstić information content (AvgIpc) is 3.12. The van der Waals surface area contributed by atoms with Crippen molar-refractivity contribution in [3.8, 4) is 0 Å². The molecule has 0 spiro atoms. The standard InChI is InChI=1S/C23H21ClN4O3S/c1-15-6-2-3-8-17(15)13-28-14-19-21(27-28)11-18(12-22(19)32(25,30)31)26-23(29)10-16-7-4-5-9-20(16)24/h2-9,11-12,14H,10,13H2,1H3,(H,26,29)(H2,25,30,31). The minimum atomic E-state index is -4.05. The molecule has 4 rings (SSSR count). The molecule has 9 heteroatoms. The van der Waals surface area contributed by atoms with Gasteiger partial charge in [-0.15, -0.1) is 0 Å². The Morgan fingerprint density at radius 1 is 1.09 bits per heavy atom. The molecule has 7 nitrogen and oxygen atoms in total. The highest BCUT2D eigenvalue weighted by atomic mass is 35.5. The molecule has 0 saturated carbocycles. The molecule has 3 aromatic carbocycles. The van der Waals surface area contributed by atoms with Gasteiger partial charge in [0.2, 0.25) is 15.9 Å². The Morgan fingerprint density at radius 2 is 1.78 bits per heavy atom. The summed E-state index contributed by atoms with van der Waals surface area (Å²) >= 11 is 6.13. The quantitative estimate of drug-likeness (QED) is 0.447. The monoisotopic (exact) mass is 468 g/mol. The molecule has 0 aliphatic rings. The fourth-order valence-electron chi connectivity index (χ4n) is 3.51. The summed E-state index contributed by atoms with van der Waals surface area (Å²) in [7, 11) is -4.05. The van der Waals surface area contributed by atoms with E-state index in [2.05, 4.69) is 10.4 Å². The predicted octanol–water partition coefficient (Wildman–Crippen LogP) is 3.88. The summed E-state index contributed by atoms with van der Waals surface area (Å²) in [5.41, 5.74) is 3.54. The summed E-state index contributed by atoms with van der Waals surface area (Å²) in [5, 5.41) is 13.6. The second-order valence-corrected chi connectivity index (χ2v) is 9.46. The molecule has 4 aromatic rings. The minimum absolute atomic E-state index is 0.0458. The molecule has 0 unspecified atom stereocenters. The number of nitrogens with zero attached hydrogens (tertiary/aromatic N) is 2. The topological polar surface area (TPSA) is 107 Å². The Hall–Kier alpha value is -3.20. The van der Waals surface area contributed by atoms with Gasteiger partial charge in [-0.3, -0.25) is 9.48 Å². The van der Waals surface area contributed by atoms with E-state index >= 15 is 0 Å². The second kappa shape index (κ2) is 8.74. The molecule has 0 aliphatic carbocycles. The van der Waals surface area contributed by atoms with Crippen LogP contribution in [-0.2, 0) is 27.8 Å². The van der Waals surface area contributed by atoms with Crippen molar-refractivity contribution in [2.75, 3.05) is 5.32 Å². The van der Waals surface area contributed by atoms with E-state index < -0.39 is 10.0 Å². The third-order valence-electron chi connectivity index (χ3n) is 5.13. The lowest BCUT2D eigenvalue weighted by Crippen LogP contribution is -2.16. The molecule has 1 aromatic heterocycles. The maximum atomic E-state index is 12.5. The number of nitrogens with two attached hydrogens (primary N) is 1. The van der Waals surface area contributed by atoms with Crippen LogP contribution in [0.25, 0.3) is 10.9 Å². The molecular formula is C23H21ClN4O3S. The summed E-state index contributed by atoms with van der Waals surface area (Å²) in [6.07, 6.45) is 1.70. The van der Waals surface area contributed by atoms with Crippen molar-refractivity contribution in [2.24, 2.45) is 5.14 Å². The molecule has 0 fully saturated rings. The Bertz CT molecular complexity index is 1430. The molecule has 0 atom stereocenters. The van der Waals surface area contributed by atoms with Gasteiger partial charge in [0.15, 0.2) is 0 Å². The zero-order valence-electron chi connectivity index (χ0n) is 17.2. The fraction of sp³-hybridized carbons (Fsp3) is 0.130. The number of amides is 1. The van der Waals surface area contributed by atoms with Crippen LogP contribution in [0.3, 0.4) is 0 Å². The lowest BCUT2D eigenvalue weighted by Gasteiger charge is -2.08. The SMILES string of the molecule is Cc1ccccc1Cn1cc2c(S(N)(=O)=O)cc(NC(=O)Cc3ccccc3Cl)cc2n1. The molecule has 0 saturated heterocycles. The highest BCUT2D eigenvalue weighted by Crippen LogP contribution is 2.27. The summed E-state index contributed by atoms with van der Waals surface area (Å²) in [6.45, 7) is 2.47. The maximum Gasteiger partial charge on any atom is 0.238 e. The number of benzene rings is 3. The number of carbonyl (C=O) groups is 1. The number of sulfonamides is 1. The third kappa shape index (κ3) is 4.83. The first-order valence-electron chi connectivity index (χ1n) is 9.82. The van der Waals surface area contributed by atoms with Crippen LogP contribution < -0.4 is 10.5 Å². The van der Waals surface area contributed by atoms with Crippen LogP contribution in [0.15, 0.2) is 71.8 Å². The number of aromatic nitrogens is 2. The van der Waals surface area contributed by atoms with Gasteiger partial charge in [-0.1, -0.05) is 54.1 Å².